The fraction of sp³-hybridized carbons (Fsp3) is 0.308. The summed E-state index contributed by atoms with van der Waals surface area (Å²) in [4.78, 5) is 0. The van der Waals surface area contributed by atoms with E-state index in [-0.39, 0.29) is 0 Å². The van der Waals surface area contributed by atoms with Gasteiger partial charge in [-0.05, 0) is 48.7 Å². The van der Waals surface area contributed by atoms with Crippen LogP contribution in [0.25, 0.3) is 0 Å². The highest BCUT2D eigenvalue weighted by Crippen LogP contribution is 2.56. The van der Waals surface area contributed by atoms with Gasteiger partial charge < -0.3 is 0 Å². The third-order valence-electron chi connectivity index (χ3n) is 6.19. The summed E-state index contributed by atoms with van der Waals surface area (Å²) in [5.74, 6) is 0.911. The first-order chi connectivity index (χ1) is 13.4. The molecule has 0 amide bonds. The van der Waals surface area contributed by atoms with E-state index in [1.165, 1.54) is 60.6 Å². The molecule has 0 aromatic heterocycles. The van der Waals surface area contributed by atoms with Gasteiger partial charge >= 0.3 is 0 Å². The van der Waals surface area contributed by atoms with E-state index in [9.17, 15) is 0 Å². The van der Waals surface area contributed by atoms with Gasteiger partial charge in [-0.3, -0.25) is 0 Å². The van der Waals surface area contributed by atoms with E-state index in [0.717, 1.165) is 5.92 Å². The van der Waals surface area contributed by atoms with Crippen molar-refractivity contribution >= 4 is 23.2 Å². The number of hydrogen-bond donors (Lipinski definition) is 0. The Kier molecular flexibility index (Phi) is 6.05. The van der Waals surface area contributed by atoms with Crippen molar-refractivity contribution in [3.63, 3.8) is 0 Å². The summed E-state index contributed by atoms with van der Waals surface area (Å²) in [5, 5.41) is 4.58. The molecule has 0 unspecified atom stereocenters. The molecule has 1 saturated carbocycles. The van der Waals surface area contributed by atoms with Crippen molar-refractivity contribution < 1.29 is 0 Å². The topological polar surface area (TPSA) is 0 Å². The molecule has 0 bridgehead atoms. The molecule has 1 aliphatic rings. The van der Waals surface area contributed by atoms with Crippen molar-refractivity contribution in [1.82, 2.24) is 0 Å². The monoisotopic (exact) mass is 373 g/mol. The molecule has 1 fully saturated rings. The van der Waals surface area contributed by atoms with E-state index in [2.05, 4.69) is 91.0 Å². The van der Waals surface area contributed by atoms with E-state index in [1.807, 2.05) is 0 Å². The largest absolute Gasteiger partial charge is 0.112 e. The maximum atomic E-state index is 2.37. The van der Waals surface area contributed by atoms with Crippen LogP contribution in [0.15, 0.2) is 91.0 Å². The summed E-state index contributed by atoms with van der Waals surface area (Å²) in [7, 11) is -1.62. The van der Waals surface area contributed by atoms with Crippen LogP contribution in [-0.2, 0) is 0 Å². The smallest absolute Gasteiger partial charge is 0.0620 e. The summed E-state index contributed by atoms with van der Waals surface area (Å²) < 4.78 is 0. The van der Waals surface area contributed by atoms with Gasteiger partial charge in [-0.2, -0.15) is 0 Å². The molecule has 1 heteroatoms. The number of hydrogen-bond acceptors (Lipinski definition) is 0. The highest BCUT2D eigenvalue weighted by Gasteiger charge is 2.45. The Balaban J connectivity index is 1.81. The van der Waals surface area contributed by atoms with Crippen LogP contribution in [0.4, 0.5) is 0 Å². The Morgan fingerprint density at radius 2 is 0.963 bits per heavy atom. The molecular weight excluding hydrogens is 343 g/mol. The van der Waals surface area contributed by atoms with Crippen molar-refractivity contribution in [2.24, 2.45) is 5.92 Å². The van der Waals surface area contributed by atoms with Crippen molar-refractivity contribution in [1.29, 1.82) is 0 Å². The second-order valence-corrected chi connectivity index (χ2v) is 11.4. The van der Waals surface area contributed by atoms with E-state index in [4.69, 9.17) is 0 Å². The molecule has 3 aromatic carbocycles. The molecule has 0 radical (unpaired) electrons. The average Bonchev–Trinajstić information content (AvgIpc) is 2.77. The van der Waals surface area contributed by atoms with Crippen LogP contribution in [0.5, 0.6) is 0 Å². The van der Waals surface area contributed by atoms with Crippen molar-refractivity contribution in [2.45, 2.75) is 38.5 Å². The summed E-state index contributed by atoms with van der Waals surface area (Å²) in [6, 6.07) is 34.0. The molecule has 0 nitrogen and oxygen atoms in total. The van der Waals surface area contributed by atoms with Gasteiger partial charge in [0, 0.05) is 0 Å². The highest BCUT2D eigenvalue weighted by molar-refractivity contribution is 7.95. The lowest BCUT2D eigenvalue weighted by Crippen LogP contribution is -2.34. The van der Waals surface area contributed by atoms with Gasteiger partial charge in [0.05, 0.1) is 6.16 Å². The molecule has 1 aliphatic carbocycles. The molecule has 0 N–H and O–H groups in total. The minimum absolute atomic E-state index is 0.911. The third kappa shape index (κ3) is 4.02. The van der Waals surface area contributed by atoms with Gasteiger partial charge in [-0.25, -0.2) is 0 Å². The lowest BCUT2D eigenvalue weighted by molar-refractivity contribution is 0.351. The molecule has 27 heavy (non-hydrogen) atoms. The van der Waals surface area contributed by atoms with Crippen LogP contribution in [0.2, 0.25) is 0 Å². The lowest BCUT2D eigenvalue weighted by atomic mass is 9.88. The van der Waals surface area contributed by atoms with Crippen molar-refractivity contribution in [2.75, 3.05) is 6.16 Å². The fourth-order valence-corrected chi connectivity index (χ4v) is 9.20. The minimum atomic E-state index is -1.62. The van der Waals surface area contributed by atoms with Gasteiger partial charge in [0.1, 0.15) is 23.2 Å². The second-order valence-electron chi connectivity index (χ2n) is 7.83. The normalized spacial score (nSPS) is 15.6. The summed E-state index contributed by atoms with van der Waals surface area (Å²) in [6.07, 6.45) is 9.79. The predicted molar refractivity (Wildman–Crippen MR) is 121 cm³/mol. The Bertz CT molecular complexity index is 708. The predicted octanol–water partition coefficient (Wildman–Crippen LogP) is 5.95. The molecule has 4 rings (SSSR count). The third-order valence-corrected chi connectivity index (χ3v) is 10.7. The van der Waals surface area contributed by atoms with Crippen LogP contribution in [0.1, 0.15) is 38.5 Å². The summed E-state index contributed by atoms with van der Waals surface area (Å²) in [5.41, 5.74) is 0. The molecule has 0 aliphatic heterocycles. The first-order valence-corrected chi connectivity index (χ1v) is 12.4. The first-order valence-electron chi connectivity index (χ1n) is 10.4. The SMILES string of the molecule is c1ccc([P+](CCC2CCCCC2)(c2ccccc2)c2ccccc2)cc1. The van der Waals surface area contributed by atoms with Crippen LogP contribution >= 0.6 is 7.26 Å². The zero-order valence-electron chi connectivity index (χ0n) is 16.1. The summed E-state index contributed by atoms with van der Waals surface area (Å²) in [6.45, 7) is 0. The number of rotatable bonds is 6. The zero-order chi connectivity index (χ0) is 18.4. The van der Waals surface area contributed by atoms with Gasteiger partial charge in [-0.1, -0.05) is 86.7 Å². The maximum absolute atomic E-state index is 2.37. The number of benzene rings is 3. The maximum Gasteiger partial charge on any atom is 0.112 e. The fourth-order valence-electron chi connectivity index (χ4n) is 4.73. The van der Waals surface area contributed by atoms with Gasteiger partial charge in [-0.15, -0.1) is 0 Å². The quantitative estimate of drug-likeness (QED) is 0.468. The lowest BCUT2D eigenvalue weighted by Gasteiger charge is -2.30. The van der Waals surface area contributed by atoms with Crippen LogP contribution in [0.3, 0.4) is 0 Å². The first kappa shape index (κ1) is 18.5. The molecule has 0 atom stereocenters. The van der Waals surface area contributed by atoms with E-state index in [1.54, 1.807) is 0 Å². The minimum Gasteiger partial charge on any atom is -0.0620 e. The van der Waals surface area contributed by atoms with Crippen molar-refractivity contribution in [3.8, 4) is 0 Å². The molecule has 3 aromatic rings. The van der Waals surface area contributed by atoms with Crippen LogP contribution in [-0.4, -0.2) is 6.16 Å². The van der Waals surface area contributed by atoms with Crippen molar-refractivity contribution in [3.05, 3.63) is 91.0 Å². The van der Waals surface area contributed by atoms with Gasteiger partial charge in [0.15, 0.2) is 0 Å². The van der Waals surface area contributed by atoms with Gasteiger partial charge in [0.2, 0.25) is 0 Å². The highest BCUT2D eigenvalue weighted by atomic mass is 31.2. The Morgan fingerprint density at radius 1 is 0.556 bits per heavy atom. The van der Waals surface area contributed by atoms with Crippen LogP contribution < -0.4 is 15.9 Å². The molecule has 0 heterocycles. The second kappa shape index (κ2) is 8.85. The molecule has 0 spiro atoms. The van der Waals surface area contributed by atoms with E-state index >= 15 is 0 Å². The summed E-state index contributed by atoms with van der Waals surface area (Å²) >= 11 is 0. The van der Waals surface area contributed by atoms with Crippen LogP contribution in [0, 0.1) is 5.92 Å². The average molecular weight is 374 g/mol. The van der Waals surface area contributed by atoms with E-state index < -0.39 is 7.26 Å². The Labute approximate surface area is 165 Å². The standard InChI is InChI=1S/C26H30P/c1-5-13-23(14-6-1)21-22-27(24-15-7-2-8-16-24,25-17-9-3-10-18-25)26-19-11-4-12-20-26/h2-4,7-12,15-20,23H,1,5-6,13-14,21-22H2/q+1. The molecule has 138 valence electrons. The molecule has 0 saturated heterocycles. The van der Waals surface area contributed by atoms with Gasteiger partial charge in [0.25, 0.3) is 0 Å². The Morgan fingerprint density at radius 3 is 1.37 bits per heavy atom. The van der Waals surface area contributed by atoms with E-state index in [0.29, 0.717) is 0 Å². The molecular formula is C26H30P+. The zero-order valence-corrected chi connectivity index (χ0v) is 17.0. The Hall–Kier alpha value is -1.91.